The monoisotopic (exact) mass is 233 g/mol. The maximum absolute atomic E-state index is 11.8. The molecule has 0 saturated carbocycles. The fourth-order valence-electron chi connectivity index (χ4n) is 2.20. The Morgan fingerprint density at radius 3 is 2.29 bits per heavy atom. The Hall–Kier alpha value is -1.35. The molecule has 0 aliphatic carbocycles. The summed E-state index contributed by atoms with van der Waals surface area (Å²) in [5, 5.41) is 1.81. The molecule has 3 nitrogen and oxygen atoms in total. The first-order valence-electron chi connectivity index (χ1n) is 5.97. The third-order valence-electron chi connectivity index (χ3n) is 3.09. The van der Waals surface area contributed by atoms with Crippen LogP contribution in [0.5, 0.6) is 0 Å². The highest BCUT2D eigenvalue weighted by Crippen LogP contribution is 2.40. The topological polar surface area (TPSA) is 29.5 Å². The van der Waals surface area contributed by atoms with Gasteiger partial charge in [-0.15, -0.1) is 5.06 Å². The van der Waals surface area contributed by atoms with Gasteiger partial charge in [0.25, 0.3) is 0 Å². The van der Waals surface area contributed by atoms with E-state index in [2.05, 4.69) is 0 Å². The average Bonchev–Trinajstić information content (AvgIpc) is 2.57. The van der Waals surface area contributed by atoms with Gasteiger partial charge in [-0.3, -0.25) is 0 Å². The lowest BCUT2D eigenvalue weighted by Gasteiger charge is -2.34. The summed E-state index contributed by atoms with van der Waals surface area (Å²) in [6.45, 7) is 8.07. The highest BCUT2D eigenvalue weighted by Gasteiger charge is 2.46. The predicted octanol–water partition coefficient (Wildman–Crippen LogP) is 2.94. The van der Waals surface area contributed by atoms with E-state index < -0.39 is 0 Å². The molecule has 1 saturated heterocycles. The van der Waals surface area contributed by atoms with E-state index >= 15 is 0 Å². The van der Waals surface area contributed by atoms with Crippen molar-refractivity contribution in [1.82, 2.24) is 5.06 Å². The molecule has 0 aromatic heterocycles. The predicted molar refractivity (Wildman–Crippen MR) is 66.0 cm³/mol. The van der Waals surface area contributed by atoms with E-state index in [-0.39, 0.29) is 23.5 Å². The summed E-state index contributed by atoms with van der Waals surface area (Å²) in [7, 11) is 0. The minimum atomic E-state index is -0.194. The van der Waals surface area contributed by atoms with Gasteiger partial charge in [-0.05, 0) is 33.3 Å². The van der Waals surface area contributed by atoms with Crippen LogP contribution < -0.4 is 0 Å². The lowest BCUT2D eigenvalue weighted by molar-refractivity contribution is -0.200. The zero-order chi connectivity index (χ0) is 12.6. The maximum Gasteiger partial charge on any atom is 0.329 e. The van der Waals surface area contributed by atoms with E-state index in [9.17, 15) is 4.79 Å². The lowest BCUT2D eigenvalue weighted by atomic mass is 9.93. The van der Waals surface area contributed by atoms with E-state index in [4.69, 9.17) is 4.84 Å². The normalized spacial score (nSPS) is 26.0. The average molecular weight is 233 g/mol. The van der Waals surface area contributed by atoms with Gasteiger partial charge in [0.05, 0.1) is 12.0 Å². The molecule has 2 rings (SSSR count). The van der Waals surface area contributed by atoms with Crippen LogP contribution in [0.25, 0.3) is 0 Å². The third-order valence-corrected chi connectivity index (χ3v) is 3.09. The van der Waals surface area contributed by atoms with Crippen molar-refractivity contribution >= 4 is 5.97 Å². The number of benzene rings is 1. The molecule has 0 spiro atoms. The Labute approximate surface area is 102 Å². The van der Waals surface area contributed by atoms with E-state index in [1.54, 1.807) is 0 Å². The molecule has 2 atom stereocenters. The summed E-state index contributed by atoms with van der Waals surface area (Å²) in [4.78, 5) is 17.2. The van der Waals surface area contributed by atoms with Crippen molar-refractivity contribution in [2.24, 2.45) is 5.92 Å². The lowest BCUT2D eigenvalue weighted by Crippen LogP contribution is -2.40. The first kappa shape index (κ1) is 12.1. The molecule has 0 unspecified atom stereocenters. The van der Waals surface area contributed by atoms with Crippen LogP contribution in [0.1, 0.15) is 39.3 Å². The Morgan fingerprint density at radius 1 is 1.18 bits per heavy atom. The highest BCUT2D eigenvalue weighted by atomic mass is 16.7. The van der Waals surface area contributed by atoms with Gasteiger partial charge in [-0.2, -0.15) is 0 Å². The second-order valence-corrected chi connectivity index (χ2v) is 5.55. The maximum atomic E-state index is 11.8. The van der Waals surface area contributed by atoms with Gasteiger partial charge in [0.1, 0.15) is 0 Å². The number of carbonyl (C=O) groups is 1. The summed E-state index contributed by atoms with van der Waals surface area (Å²) in [6, 6.07) is 10.1. The van der Waals surface area contributed by atoms with Gasteiger partial charge in [0.15, 0.2) is 0 Å². The highest BCUT2D eigenvalue weighted by molar-refractivity contribution is 5.74. The Balaban J connectivity index is 2.38. The van der Waals surface area contributed by atoms with Crippen LogP contribution in [-0.2, 0) is 9.63 Å². The van der Waals surface area contributed by atoms with Crippen LogP contribution >= 0.6 is 0 Å². The molecule has 92 valence electrons. The summed E-state index contributed by atoms with van der Waals surface area (Å²) < 4.78 is 0. The van der Waals surface area contributed by atoms with E-state index in [1.807, 2.05) is 63.1 Å². The molecular formula is C14H19NO2. The van der Waals surface area contributed by atoms with E-state index in [0.717, 1.165) is 5.56 Å². The van der Waals surface area contributed by atoms with Gasteiger partial charge in [0.2, 0.25) is 0 Å². The molecule has 3 heteroatoms. The summed E-state index contributed by atoms with van der Waals surface area (Å²) in [6.07, 6.45) is 0. The van der Waals surface area contributed by atoms with Gasteiger partial charge >= 0.3 is 5.97 Å². The van der Waals surface area contributed by atoms with Crippen LogP contribution in [0.3, 0.4) is 0 Å². The number of hydrogen-bond acceptors (Lipinski definition) is 3. The quantitative estimate of drug-likeness (QED) is 0.747. The van der Waals surface area contributed by atoms with Gasteiger partial charge in [0, 0.05) is 5.54 Å². The van der Waals surface area contributed by atoms with E-state index in [0.29, 0.717) is 0 Å². The van der Waals surface area contributed by atoms with Crippen molar-refractivity contribution in [1.29, 1.82) is 0 Å². The van der Waals surface area contributed by atoms with Crippen molar-refractivity contribution in [3.63, 3.8) is 0 Å². The molecule has 0 N–H and O–H groups in total. The molecule has 1 aliphatic heterocycles. The van der Waals surface area contributed by atoms with Crippen LogP contribution in [0.2, 0.25) is 0 Å². The van der Waals surface area contributed by atoms with Crippen molar-refractivity contribution in [2.75, 3.05) is 0 Å². The molecule has 1 heterocycles. The Morgan fingerprint density at radius 2 is 1.76 bits per heavy atom. The standard InChI is InChI=1S/C14H19NO2/c1-10-12(11-8-6-5-7-9-11)15(14(2,3)4)17-13(10)16/h5-10,12H,1-4H3/t10-,12-/m0/s1. The smallest absolute Gasteiger partial charge is 0.329 e. The molecule has 1 aliphatic rings. The van der Waals surface area contributed by atoms with Crippen LogP contribution in [0.15, 0.2) is 30.3 Å². The van der Waals surface area contributed by atoms with Crippen molar-refractivity contribution in [3.05, 3.63) is 35.9 Å². The fraction of sp³-hybridized carbons (Fsp3) is 0.500. The first-order chi connectivity index (χ1) is 7.91. The molecule has 1 aromatic rings. The zero-order valence-electron chi connectivity index (χ0n) is 10.8. The fourth-order valence-corrected chi connectivity index (χ4v) is 2.20. The minimum Gasteiger partial charge on any atom is -0.366 e. The minimum absolute atomic E-state index is 0.00343. The Kier molecular flexibility index (Phi) is 2.96. The molecule has 0 bridgehead atoms. The number of rotatable bonds is 1. The number of hydrogen-bond donors (Lipinski definition) is 0. The molecular weight excluding hydrogens is 214 g/mol. The van der Waals surface area contributed by atoms with Gasteiger partial charge < -0.3 is 4.84 Å². The van der Waals surface area contributed by atoms with Crippen molar-refractivity contribution < 1.29 is 9.63 Å². The van der Waals surface area contributed by atoms with E-state index in [1.165, 1.54) is 0 Å². The van der Waals surface area contributed by atoms with Crippen LogP contribution in [0, 0.1) is 5.92 Å². The first-order valence-corrected chi connectivity index (χ1v) is 5.97. The Bertz CT molecular complexity index is 408. The molecule has 17 heavy (non-hydrogen) atoms. The summed E-state index contributed by atoms with van der Waals surface area (Å²) >= 11 is 0. The SMILES string of the molecule is C[C@@H]1C(=O)ON(C(C)(C)C)[C@@H]1c1ccccc1. The zero-order valence-corrected chi connectivity index (χ0v) is 10.8. The molecule has 0 amide bonds. The van der Waals surface area contributed by atoms with Crippen LogP contribution in [0.4, 0.5) is 0 Å². The third kappa shape index (κ3) is 2.20. The number of hydroxylamine groups is 2. The van der Waals surface area contributed by atoms with Crippen molar-refractivity contribution in [2.45, 2.75) is 39.3 Å². The second-order valence-electron chi connectivity index (χ2n) is 5.55. The largest absolute Gasteiger partial charge is 0.366 e. The van der Waals surface area contributed by atoms with Crippen LogP contribution in [-0.4, -0.2) is 16.6 Å². The van der Waals surface area contributed by atoms with Gasteiger partial charge in [-0.1, -0.05) is 30.3 Å². The molecule has 0 radical (unpaired) electrons. The molecule has 1 aromatic carbocycles. The van der Waals surface area contributed by atoms with Gasteiger partial charge in [-0.25, -0.2) is 4.79 Å². The summed E-state index contributed by atoms with van der Waals surface area (Å²) in [5.41, 5.74) is 0.932. The second kappa shape index (κ2) is 4.15. The number of carbonyl (C=O) groups excluding carboxylic acids is 1. The molecule has 1 fully saturated rings. The summed E-state index contributed by atoms with van der Waals surface area (Å²) in [5.74, 6) is -0.273. The van der Waals surface area contributed by atoms with Crippen molar-refractivity contribution in [3.8, 4) is 0 Å². The number of nitrogens with zero attached hydrogens (tertiary/aromatic N) is 1.